The first kappa shape index (κ1) is 17.6. The van der Waals surface area contributed by atoms with Crippen molar-refractivity contribution in [2.45, 2.75) is 0 Å². The number of ether oxygens (including phenoxy) is 3. The molecule has 2 aromatic rings. The molecule has 1 aromatic carbocycles. The second-order valence-corrected chi connectivity index (χ2v) is 5.66. The molecule has 0 aliphatic rings. The molecule has 0 aliphatic heterocycles. The molecule has 0 atom stereocenters. The zero-order chi connectivity index (χ0) is 17.7. The van der Waals surface area contributed by atoms with E-state index in [-0.39, 0.29) is 10.7 Å². The Kier molecular flexibility index (Phi) is 5.59. The van der Waals surface area contributed by atoms with E-state index in [9.17, 15) is 14.7 Å². The highest BCUT2D eigenvalue weighted by molar-refractivity contribution is 7.16. The third-order valence-electron chi connectivity index (χ3n) is 3.20. The van der Waals surface area contributed by atoms with Crippen molar-refractivity contribution in [3.8, 4) is 17.2 Å². The molecule has 0 aliphatic carbocycles. The minimum atomic E-state index is -1.30. The molecule has 0 amide bonds. The number of benzene rings is 1. The van der Waals surface area contributed by atoms with E-state index in [0.717, 1.165) is 11.3 Å². The van der Waals surface area contributed by atoms with Gasteiger partial charge in [-0.25, -0.2) is 0 Å². The van der Waals surface area contributed by atoms with E-state index in [1.165, 1.54) is 39.5 Å². The van der Waals surface area contributed by atoms with Gasteiger partial charge in [0.25, 0.3) is 0 Å². The molecule has 24 heavy (non-hydrogen) atoms. The van der Waals surface area contributed by atoms with Crippen LogP contribution in [0.2, 0.25) is 0 Å². The SMILES string of the molecule is COc1ccc(/C=C/C(=O)c2ccc(C(=O)[O-])s2)c(OC)c1OC. The van der Waals surface area contributed by atoms with Gasteiger partial charge in [-0.3, -0.25) is 4.79 Å². The van der Waals surface area contributed by atoms with Crippen molar-refractivity contribution in [1.29, 1.82) is 0 Å². The maximum absolute atomic E-state index is 12.1. The van der Waals surface area contributed by atoms with E-state index < -0.39 is 5.97 Å². The lowest BCUT2D eigenvalue weighted by Crippen LogP contribution is -2.20. The van der Waals surface area contributed by atoms with Gasteiger partial charge in [-0.05, 0) is 36.4 Å². The zero-order valence-corrected chi connectivity index (χ0v) is 14.1. The molecule has 7 heteroatoms. The van der Waals surface area contributed by atoms with Crippen molar-refractivity contribution in [1.82, 2.24) is 0 Å². The van der Waals surface area contributed by atoms with Crippen LogP contribution in [0.1, 0.15) is 24.9 Å². The lowest BCUT2D eigenvalue weighted by molar-refractivity contribution is -0.254. The summed E-state index contributed by atoms with van der Waals surface area (Å²) in [7, 11) is 4.50. The molecule has 2 rings (SSSR count). The van der Waals surface area contributed by atoms with Gasteiger partial charge < -0.3 is 24.1 Å². The number of aromatic carboxylic acids is 1. The van der Waals surface area contributed by atoms with E-state index in [4.69, 9.17) is 14.2 Å². The van der Waals surface area contributed by atoms with Gasteiger partial charge in [-0.15, -0.1) is 11.3 Å². The summed E-state index contributed by atoms with van der Waals surface area (Å²) in [6.07, 6.45) is 2.91. The molecule has 0 N–H and O–H groups in total. The molecule has 1 aromatic heterocycles. The predicted octanol–water partition coefficient (Wildman–Crippen LogP) is 2.03. The van der Waals surface area contributed by atoms with Crippen LogP contribution in [0, 0.1) is 0 Å². The topological polar surface area (TPSA) is 84.9 Å². The summed E-state index contributed by atoms with van der Waals surface area (Å²) in [6.45, 7) is 0. The fourth-order valence-electron chi connectivity index (χ4n) is 2.08. The molecule has 6 nitrogen and oxygen atoms in total. The zero-order valence-electron chi connectivity index (χ0n) is 13.3. The number of ketones is 1. The highest BCUT2D eigenvalue weighted by Gasteiger charge is 2.14. The van der Waals surface area contributed by atoms with Crippen LogP contribution in [0.15, 0.2) is 30.3 Å². The number of rotatable bonds is 7. The first-order chi connectivity index (χ1) is 11.5. The number of carboxylic acids is 1. The second kappa shape index (κ2) is 7.65. The monoisotopic (exact) mass is 347 g/mol. The summed E-state index contributed by atoms with van der Waals surface area (Å²) in [4.78, 5) is 23.2. The molecule has 0 radical (unpaired) electrons. The Morgan fingerprint density at radius 2 is 1.62 bits per heavy atom. The van der Waals surface area contributed by atoms with Crippen LogP contribution in [0.4, 0.5) is 0 Å². The largest absolute Gasteiger partial charge is 0.544 e. The van der Waals surface area contributed by atoms with Crippen molar-refractivity contribution >= 4 is 29.2 Å². The molecule has 0 bridgehead atoms. The van der Waals surface area contributed by atoms with Crippen LogP contribution in [-0.2, 0) is 0 Å². The number of thiophene rings is 1. The molecule has 0 saturated heterocycles. The van der Waals surface area contributed by atoms with Crippen LogP contribution in [0.3, 0.4) is 0 Å². The fourth-order valence-corrected chi connectivity index (χ4v) is 2.84. The predicted molar refractivity (Wildman–Crippen MR) is 88.1 cm³/mol. The summed E-state index contributed by atoms with van der Waals surface area (Å²) in [5.41, 5.74) is 0.625. The van der Waals surface area contributed by atoms with Gasteiger partial charge in [0.2, 0.25) is 5.75 Å². The van der Waals surface area contributed by atoms with E-state index in [1.54, 1.807) is 18.2 Å². The molecular weight excluding hydrogens is 332 g/mol. The Morgan fingerprint density at radius 1 is 0.958 bits per heavy atom. The number of hydrogen-bond donors (Lipinski definition) is 0. The van der Waals surface area contributed by atoms with Gasteiger partial charge in [0.05, 0.1) is 37.1 Å². The van der Waals surface area contributed by atoms with Crippen LogP contribution in [-0.4, -0.2) is 33.1 Å². The molecule has 1 heterocycles. The highest BCUT2D eigenvalue weighted by atomic mass is 32.1. The number of carboxylic acid groups (broad SMARTS) is 1. The normalized spacial score (nSPS) is 10.6. The Hall–Kier alpha value is -2.80. The molecule has 0 fully saturated rings. The van der Waals surface area contributed by atoms with E-state index in [2.05, 4.69) is 0 Å². The van der Waals surface area contributed by atoms with E-state index in [0.29, 0.717) is 27.7 Å². The van der Waals surface area contributed by atoms with Crippen molar-refractivity contribution in [3.05, 3.63) is 45.7 Å². The Balaban J connectivity index is 2.30. The van der Waals surface area contributed by atoms with Crippen LogP contribution < -0.4 is 19.3 Å². The highest BCUT2D eigenvalue weighted by Crippen LogP contribution is 2.40. The Labute approximate surface area is 142 Å². The first-order valence-corrected chi connectivity index (χ1v) is 7.66. The van der Waals surface area contributed by atoms with Crippen LogP contribution >= 0.6 is 11.3 Å². The maximum atomic E-state index is 12.1. The summed E-state index contributed by atoms with van der Waals surface area (Å²) in [5.74, 6) is -0.254. The minimum absolute atomic E-state index is 0.00967. The van der Waals surface area contributed by atoms with Crippen molar-refractivity contribution in [2.75, 3.05) is 21.3 Å². The molecule has 0 saturated carbocycles. The van der Waals surface area contributed by atoms with Crippen LogP contribution in [0.5, 0.6) is 17.2 Å². The molecule has 0 unspecified atom stereocenters. The lowest BCUT2D eigenvalue weighted by Gasteiger charge is -2.13. The third-order valence-corrected chi connectivity index (χ3v) is 4.28. The summed E-state index contributed by atoms with van der Waals surface area (Å²) in [5, 5.41) is 10.8. The van der Waals surface area contributed by atoms with Gasteiger partial charge >= 0.3 is 0 Å². The number of carbonyl (C=O) groups is 2. The standard InChI is InChI=1S/C17H16O6S/c1-21-12-7-5-10(15(22-2)16(12)23-3)4-6-11(18)13-8-9-14(24-13)17(19)20/h4-9H,1-3H3,(H,19,20)/p-1/b6-4+. The molecular formula is C17H15O6S-. The summed E-state index contributed by atoms with van der Waals surface area (Å²) >= 11 is 0.869. The van der Waals surface area contributed by atoms with Crippen molar-refractivity contribution in [2.24, 2.45) is 0 Å². The number of methoxy groups -OCH3 is 3. The van der Waals surface area contributed by atoms with Gasteiger partial charge in [-0.2, -0.15) is 0 Å². The van der Waals surface area contributed by atoms with Crippen molar-refractivity contribution < 1.29 is 28.9 Å². The van der Waals surface area contributed by atoms with E-state index in [1.807, 2.05) is 0 Å². The van der Waals surface area contributed by atoms with Crippen LogP contribution in [0.25, 0.3) is 6.08 Å². The lowest BCUT2D eigenvalue weighted by atomic mass is 10.1. The Bertz CT molecular complexity index is 790. The van der Waals surface area contributed by atoms with E-state index >= 15 is 0 Å². The van der Waals surface area contributed by atoms with Gasteiger partial charge in [0, 0.05) is 5.56 Å². The van der Waals surface area contributed by atoms with Gasteiger partial charge in [0.15, 0.2) is 17.3 Å². The Morgan fingerprint density at radius 3 is 2.17 bits per heavy atom. The molecule has 0 spiro atoms. The third kappa shape index (κ3) is 3.57. The fraction of sp³-hybridized carbons (Fsp3) is 0.176. The minimum Gasteiger partial charge on any atom is -0.544 e. The number of carbonyl (C=O) groups excluding carboxylic acids is 2. The second-order valence-electron chi connectivity index (χ2n) is 4.57. The summed E-state index contributed by atoms with van der Waals surface area (Å²) < 4.78 is 15.8. The first-order valence-electron chi connectivity index (χ1n) is 6.84. The average Bonchev–Trinajstić information content (AvgIpc) is 3.09. The summed E-state index contributed by atoms with van der Waals surface area (Å²) in [6, 6.07) is 6.22. The number of hydrogen-bond acceptors (Lipinski definition) is 7. The quantitative estimate of drug-likeness (QED) is 0.563. The smallest absolute Gasteiger partial charge is 0.203 e. The van der Waals surface area contributed by atoms with Gasteiger partial charge in [-0.1, -0.05) is 0 Å². The van der Waals surface area contributed by atoms with Gasteiger partial charge in [0.1, 0.15) is 0 Å². The maximum Gasteiger partial charge on any atom is 0.203 e. The number of allylic oxidation sites excluding steroid dienone is 1. The average molecular weight is 347 g/mol. The van der Waals surface area contributed by atoms with Crippen molar-refractivity contribution in [3.63, 3.8) is 0 Å². The molecule has 126 valence electrons.